The van der Waals surface area contributed by atoms with Gasteiger partial charge in [-0.2, -0.15) is 0 Å². The van der Waals surface area contributed by atoms with Gasteiger partial charge in [0.15, 0.2) is 0 Å². The van der Waals surface area contributed by atoms with Crippen molar-refractivity contribution in [3.05, 3.63) is 34.9 Å². The maximum Gasteiger partial charge on any atom is 0.326 e. The van der Waals surface area contributed by atoms with Gasteiger partial charge in [0.1, 0.15) is 6.04 Å². The zero-order valence-corrected chi connectivity index (χ0v) is 12.0. The van der Waals surface area contributed by atoms with Crippen LogP contribution in [0.4, 0.5) is 0 Å². The summed E-state index contributed by atoms with van der Waals surface area (Å²) in [6.45, 7) is 0.566. The number of benzene rings is 1. The van der Waals surface area contributed by atoms with Crippen molar-refractivity contribution in [2.75, 3.05) is 6.54 Å². The lowest BCUT2D eigenvalue weighted by Gasteiger charge is -2.21. The number of carboxylic acids is 1. The summed E-state index contributed by atoms with van der Waals surface area (Å²) < 4.78 is 0. The van der Waals surface area contributed by atoms with Crippen LogP contribution in [0, 0.1) is 0 Å². The predicted octanol–water partition coefficient (Wildman–Crippen LogP) is 2.74. The van der Waals surface area contributed by atoms with Crippen molar-refractivity contribution in [2.45, 2.75) is 38.1 Å². The van der Waals surface area contributed by atoms with E-state index in [-0.39, 0.29) is 5.91 Å². The molecule has 2 rings (SSSR count). The molecule has 1 amide bonds. The van der Waals surface area contributed by atoms with Crippen molar-refractivity contribution in [2.24, 2.45) is 0 Å². The Hall–Kier alpha value is -1.55. The van der Waals surface area contributed by atoms with Crippen molar-refractivity contribution in [1.82, 2.24) is 4.90 Å². The summed E-state index contributed by atoms with van der Waals surface area (Å²) in [5.41, 5.74) is 1.14. The van der Waals surface area contributed by atoms with Gasteiger partial charge in [0, 0.05) is 18.0 Å². The Morgan fingerprint density at radius 1 is 1.30 bits per heavy atom. The minimum Gasteiger partial charge on any atom is -0.480 e. The topological polar surface area (TPSA) is 57.6 Å². The smallest absolute Gasteiger partial charge is 0.326 e. The van der Waals surface area contributed by atoms with Gasteiger partial charge < -0.3 is 10.0 Å². The second kappa shape index (κ2) is 6.75. The molecule has 0 spiro atoms. The van der Waals surface area contributed by atoms with E-state index in [0.29, 0.717) is 24.4 Å². The van der Waals surface area contributed by atoms with Crippen LogP contribution in [0.5, 0.6) is 0 Å². The average Bonchev–Trinajstić information content (AvgIpc) is 2.90. The number of carbonyl (C=O) groups excluding carboxylic acids is 1. The van der Waals surface area contributed by atoms with Gasteiger partial charge in [-0.25, -0.2) is 4.79 Å². The minimum absolute atomic E-state index is 0.0520. The number of rotatable bonds is 5. The number of carbonyl (C=O) groups is 2. The molecule has 1 saturated heterocycles. The first-order chi connectivity index (χ1) is 9.58. The van der Waals surface area contributed by atoms with Crippen LogP contribution in [0.15, 0.2) is 24.3 Å². The molecule has 1 unspecified atom stereocenters. The summed E-state index contributed by atoms with van der Waals surface area (Å²) in [7, 11) is 0. The van der Waals surface area contributed by atoms with E-state index in [1.165, 1.54) is 4.90 Å². The fourth-order valence-corrected chi connectivity index (χ4v) is 2.69. The third-order valence-electron chi connectivity index (χ3n) is 3.63. The molecular formula is C15H18ClNO3. The van der Waals surface area contributed by atoms with E-state index >= 15 is 0 Å². The molecule has 1 aromatic rings. The number of hydrogen-bond acceptors (Lipinski definition) is 2. The maximum absolute atomic E-state index is 12.0. The van der Waals surface area contributed by atoms with Crippen LogP contribution >= 0.6 is 11.6 Å². The van der Waals surface area contributed by atoms with Gasteiger partial charge in [0.2, 0.25) is 5.91 Å². The number of aliphatic carboxylic acids is 1. The largest absolute Gasteiger partial charge is 0.480 e. The van der Waals surface area contributed by atoms with E-state index in [9.17, 15) is 9.59 Å². The summed E-state index contributed by atoms with van der Waals surface area (Å²) in [4.78, 5) is 24.6. The highest BCUT2D eigenvalue weighted by Crippen LogP contribution is 2.19. The van der Waals surface area contributed by atoms with E-state index < -0.39 is 12.0 Å². The van der Waals surface area contributed by atoms with Crippen LogP contribution in [0.3, 0.4) is 0 Å². The number of amides is 1. The van der Waals surface area contributed by atoms with E-state index in [1.807, 2.05) is 24.3 Å². The number of likely N-dealkylation sites (tertiary alicyclic amines) is 1. The van der Waals surface area contributed by atoms with Gasteiger partial charge in [0.25, 0.3) is 0 Å². The molecule has 108 valence electrons. The first-order valence-electron chi connectivity index (χ1n) is 6.84. The Morgan fingerprint density at radius 3 is 2.65 bits per heavy atom. The summed E-state index contributed by atoms with van der Waals surface area (Å²) >= 11 is 5.81. The number of hydrogen-bond donors (Lipinski definition) is 1. The minimum atomic E-state index is -0.895. The van der Waals surface area contributed by atoms with Crippen molar-refractivity contribution >= 4 is 23.5 Å². The van der Waals surface area contributed by atoms with Gasteiger partial charge in [-0.3, -0.25) is 4.79 Å². The quantitative estimate of drug-likeness (QED) is 0.908. The van der Waals surface area contributed by atoms with E-state index in [0.717, 1.165) is 24.8 Å². The molecule has 1 N–H and O–H groups in total. The number of halogens is 1. The lowest BCUT2D eigenvalue weighted by molar-refractivity contribution is -0.148. The lowest BCUT2D eigenvalue weighted by Crippen LogP contribution is -2.40. The highest BCUT2D eigenvalue weighted by Gasteiger charge is 2.33. The molecule has 1 atom stereocenters. The summed E-state index contributed by atoms with van der Waals surface area (Å²) in [5, 5.41) is 9.76. The van der Waals surface area contributed by atoms with Gasteiger partial charge >= 0.3 is 5.97 Å². The highest BCUT2D eigenvalue weighted by atomic mass is 35.5. The third kappa shape index (κ3) is 3.73. The normalized spacial score (nSPS) is 18.2. The standard InChI is InChI=1S/C15H18ClNO3/c16-12-8-6-11(7-9-12)3-1-5-14(18)17-10-2-4-13(17)15(19)20/h6-9,13H,1-5,10H2,(H,19,20). The Bertz CT molecular complexity index is 486. The van der Waals surface area contributed by atoms with Crippen LogP contribution in [-0.2, 0) is 16.0 Å². The van der Waals surface area contributed by atoms with Gasteiger partial charge in [0.05, 0.1) is 0 Å². The maximum atomic E-state index is 12.0. The first kappa shape index (κ1) is 14.9. The molecule has 5 heteroatoms. The molecule has 0 bridgehead atoms. The van der Waals surface area contributed by atoms with Crippen LogP contribution in [0.1, 0.15) is 31.2 Å². The van der Waals surface area contributed by atoms with Crippen molar-refractivity contribution < 1.29 is 14.7 Å². The number of aryl methyl sites for hydroxylation is 1. The summed E-state index contributed by atoms with van der Waals surface area (Å²) in [5.74, 6) is -0.947. The Morgan fingerprint density at radius 2 is 2.00 bits per heavy atom. The zero-order valence-electron chi connectivity index (χ0n) is 11.2. The second-order valence-corrected chi connectivity index (χ2v) is 5.50. The monoisotopic (exact) mass is 295 g/mol. The molecule has 1 aliphatic heterocycles. The predicted molar refractivity (Wildman–Crippen MR) is 76.8 cm³/mol. The van der Waals surface area contributed by atoms with E-state index in [2.05, 4.69) is 0 Å². The fourth-order valence-electron chi connectivity index (χ4n) is 2.56. The Balaban J connectivity index is 1.80. The summed E-state index contributed by atoms with van der Waals surface area (Å²) in [6.07, 6.45) is 3.27. The van der Waals surface area contributed by atoms with Crippen molar-refractivity contribution in [3.8, 4) is 0 Å². The lowest BCUT2D eigenvalue weighted by atomic mass is 10.1. The van der Waals surface area contributed by atoms with Crippen LogP contribution in [0.2, 0.25) is 5.02 Å². The molecule has 4 nitrogen and oxygen atoms in total. The van der Waals surface area contributed by atoms with Crippen molar-refractivity contribution in [3.63, 3.8) is 0 Å². The molecule has 20 heavy (non-hydrogen) atoms. The zero-order chi connectivity index (χ0) is 14.5. The molecule has 1 aromatic carbocycles. The molecule has 0 saturated carbocycles. The highest BCUT2D eigenvalue weighted by molar-refractivity contribution is 6.30. The van der Waals surface area contributed by atoms with Crippen LogP contribution < -0.4 is 0 Å². The van der Waals surface area contributed by atoms with E-state index in [1.54, 1.807) is 0 Å². The Labute approximate surface area is 123 Å². The first-order valence-corrected chi connectivity index (χ1v) is 7.22. The molecule has 1 fully saturated rings. The van der Waals surface area contributed by atoms with Gasteiger partial charge in [-0.15, -0.1) is 0 Å². The van der Waals surface area contributed by atoms with Crippen LogP contribution in [-0.4, -0.2) is 34.5 Å². The number of carboxylic acid groups (broad SMARTS) is 1. The molecule has 1 aliphatic rings. The molecule has 0 radical (unpaired) electrons. The SMILES string of the molecule is O=C(O)C1CCCN1C(=O)CCCc1ccc(Cl)cc1. The van der Waals surface area contributed by atoms with E-state index in [4.69, 9.17) is 16.7 Å². The molecule has 1 heterocycles. The van der Waals surface area contributed by atoms with Crippen molar-refractivity contribution in [1.29, 1.82) is 0 Å². The average molecular weight is 296 g/mol. The fraction of sp³-hybridized carbons (Fsp3) is 0.467. The van der Waals surface area contributed by atoms with Crippen LogP contribution in [0.25, 0.3) is 0 Å². The third-order valence-corrected chi connectivity index (χ3v) is 3.88. The second-order valence-electron chi connectivity index (χ2n) is 5.06. The molecule has 0 aliphatic carbocycles. The molecule has 0 aromatic heterocycles. The van der Waals surface area contributed by atoms with Gasteiger partial charge in [-0.05, 0) is 43.4 Å². The molecular weight excluding hydrogens is 278 g/mol. The number of nitrogens with zero attached hydrogens (tertiary/aromatic N) is 1. The summed E-state index contributed by atoms with van der Waals surface area (Å²) in [6, 6.07) is 6.93. The van der Waals surface area contributed by atoms with Gasteiger partial charge in [-0.1, -0.05) is 23.7 Å². The Kier molecular flexibility index (Phi) is 5.01.